The van der Waals surface area contributed by atoms with Gasteiger partial charge in [-0.3, -0.25) is 0 Å². The number of hydrogen-bond donors (Lipinski definition) is 1. The van der Waals surface area contributed by atoms with Crippen LogP contribution in [0.5, 0.6) is 5.75 Å². The van der Waals surface area contributed by atoms with E-state index in [1.807, 2.05) is 31.2 Å². The summed E-state index contributed by atoms with van der Waals surface area (Å²) in [5, 5.41) is 7.52. The molecule has 4 nitrogen and oxygen atoms in total. The molecule has 2 aromatic carbocycles. The van der Waals surface area contributed by atoms with Crippen molar-refractivity contribution in [2.75, 3.05) is 11.9 Å². The highest BCUT2D eigenvalue weighted by Gasteiger charge is 2.16. The lowest BCUT2D eigenvalue weighted by molar-refractivity contribution is 0.340. The van der Waals surface area contributed by atoms with E-state index in [0.717, 1.165) is 27.1 Å². The summed E-state index contributed by atoms with van der Waals surface area (Å²) in [7, 11) is 0. The van der Waals surface area contributed by atoms with Crippen molar-refractivity contribution in [3.63, 3.8) is 0 Å². The summed E-state index contributed by atoms with van der Waals surface area (Å²) in [6, 6.07) is 11.2. The number of aromatic nitrogens is 2. The van der Waals surface area contributed by atoms with Gasteiger partial charge in [-0.05, 0) is 36.8 Å². The Bertz CT molecular complexity index is 1120. The van der Waals surface area contributed by atoms with Crippen molar-refractivity contribution in [2.45, 2.75) is 6.92 Å². The first-order valence-corrected chi connectivity index (χ1v) is 10.4. The van der Waals surface area contributed by atoms with Gasteiger partial charge in [-0.25, -0.2) is 9.97 Å². The van der Waals surface area contributed by atoms with Gasteiger partial charge in [-0.1, -0.05) is 46.9 Å². The van der Waals surface area contributed by atoms with E-state index < -0.39 is 0 Å². The maximum atomic E-state index is 6.33. The fraction of sp³-hybridized carbons (Fsp3) is 0.100. The van der Waals surface area contributed by atoms with Crippen LogP contribution in [-0.4, -0.2) is 16.6 Å². The molecule has 1 N–H and O–H groups in total. The van der Waals surface area contributed by atoms with Gasteiger partial charge in [0.15, 0.2) is 0 Å². The molecule has 0 radical (unpaired) electrons. The van der Waals surface area contributed by atoms with E-state index in [-0.39, 0.29) is 0 Å². The number of thiophene rings is 1. The van der Waals surface area contributed by atoms with E-state index in [4.69, 9.17) is 39.5 Å². The third-order valence-corrected chi connectivity index (χ3v) is 5.80. The molecule has 4 rings (SSSR count). The molecule has 2 aromatic heterocycles. The molecule has 4 aromatic rings. The molecule has 0 amide bonds. The number of ether oxygens (including phenoxy) is 1. The van der Waals surface area contributed by atoms with Crippen molar-refractivity contribution in [1.29, 1.82) is 0 Å². The van der Waals surface area contributed by atoms with Gasteiger partial charge < -0.3 is 10.1 Å². The summed E-state index contributed by atoms with van der Waals surface area (Å²) >= 11 is 20.2. The van der Waals surface area contributed by atoms with Crippen LogP contribution in [0.25, 0.3) is 21.3 Å². The van der Waals surface area contributed by atoms with Crippen LogP contribution in [0.3, 0.4) is 0 Å². The molecule has 0 saturated carbocycles. The smallest absolute Gasteiger partial charge is 0.143 e. The van der Waals surface area contributed by atoms with Gasteiger partial charge in [-0.2, -0.15) is 0 Å². The molecule has 0 unspecified atom stereocenters. The molecule has 0 atom stereocenters. The Morgan fingerprint density at radius 2 is 1.75 bits per heavy atom. The van der Waals surface area contributed by atoms with E-state index in [1.54, 1.807) is 23.5 Å². The van der Waals surface area contributed by atoms with E-state index in [9.17, 15) is 0 Å². The molecule has 2 heterocycles. The number of halogens is 3. The highest BCUT2D eigenvalue weighted by molar-refractivity contribution is 7.17. The second-order valence-electron chi connectivity index (χ2n) is 5.88. The second-order valence-corrected chi connectivity index (χ2v) is 7.99. The Morgan fingerprint density at radius 3 is 2.43 bits per heavy atom. The topological polar surface area (TPSA) is 47.0 Å². The Labute approximate surface area is 181 Å². The zero-order chi connectivity index (χ0) is 19.7. The Kier molecular flexibility index (Phi) is 5.60. The molecule has 0 bridgehead atoms. The highest BCUT2D eigenvalue weighted by Crippen LogP contribution is 2.41. The SMILES string of the molecule is CCOc1ccc(-c2csc3ncnc(Nc4c(Cl)cc(Cl)cc4Cl)c23)cc1. The number of nitrogens with zero attached hydrogens (tertiary/aromatic N) is 2. The molecule has 0 saturated heterocycles. The first-order valence-electron chi connectivity index (χ1n) is 8.44. The maximum Gasteiger partial charge on any atom is 0.143 e. The van der Waals surface area contributed by atoms with E-state index in [0.29, 0.717) is 33.2 Å². The number of rotatable bonds is 5. The van der Waals surface area contributed by atoms with Crippen molar-refractivity contribution in [2.24, 2.45) is 0 Å². The van der Waals surface area contributed by atoms with Crippen LogP contribution in [0.2, 0.25) is 15.1 Å². The summed E-state index contributed by atoms with van der Waals surface area (Å²) in [4.78, 5) is 9.68. The quantitative estimate of drug-likeness (QED) is 0.343. The Hall–Kier alpha value is -2.05. The summed E-state index contributed by atoms with van der Waals surface area (Å²) in [6.45, 7) is 2.59. The van der Waals surface area contributed by atoms with Crippen LogP contribution >= 0.6 is 46.1 Å². The summed E-state index contributed by atoms with van der Waals surface area (Å²) in [5.41, 5.74) is 2.62. The number of benzene rings is 2. The minimum absolute atomic E-state index is 0.419. The lowest BCUT2D eigenvalue weighted by Gasteiger charge is -2.12. The number of nitrogens with one attached hydrogen (secondary N) is 1. The van der Waals surface area contributed by atoms with Crippen LogP contribution < -0.4 is 10.1 Å². The predicted molar refractivity (Wildman–Crippen MR) is 119 cm³/mol. The van der Waals surface area contributed by atoms with Crippen LogP contribution in [0.4, 0.5) is 11.5 Å². The number of hydrogen-bond acceptors (Lipinski definition) is 5. The summed E-state index contributed by atoms with van der Waals surface area (Å²) < 4.78 is 5.53. The largest absolute Gasteiger partial charge is 0.494 e. The van der Waals surface area contributed by atoms with Gasteiger partial charge in [0.25, 0.3) is 0 Å². The zero-order valence-electron chi connectivity index (χ0n) is 14.7. The molecular weight excluding hydrogens is 437 g/mol. The molecule has 0 aliphatic carbocycles. The van der Waals surface area contributed by atoms with E-state index in [1.165, 1.54) is 6.33 Å². The molecule has 0 aliphatic rings. The highest BCUT2D eigenvalue weighted by atomic mass is 35.5. The van der Waals surface area contributed by atoms with Crippen molar-refractivity contribution >= 4 is 67.9 Å². The van der Waals surface area contributed by atoms with Gasteiger partial charge in [-0.15, -0.1) is 11.3 Å². The second kappa shape index (κ2) is 8.13. The van der Waals surface area contributed by atoms with Crippen molar-refractivity contribution < 1.29 is 4.74 Å². The minimum Gasteiger partial charge on any atom is -0.494 e. The molecule has 0 aliphatic heterocycles. The van der Waals surface area contributed by atoms with Crippen LogP contribution in [0.15, 0.2) is 48.1 Å². The molecular formula is C20H14Cl3N3OS. The third kappa shape index (κ3) is 3.76. The number of anilines is 2. The standard InChI is InChI=1S/C20H14Cl3N3OS/c1-2-27-13-5-3-11(4-6-13)14-9-28-20-17(14)19(24-10-25-20)26-18-15(22)7-12(21)8-16(18)23/h3-10H,2H2,1H3,(H,24,25,26). The van der Waals surface area contributed by atoms with Crippen molar-refractivity contribution in [3.05, 3.63) is 63.2 Å². The van der Waals surface area contributed by atoms with Crippen LogP contribution in [0, 0.1) is 0 Å². The predicted octanol–water partition coefficient (Wildman–Crippen LogP) is 7.46. The number of fused-ring (bicyclic) bond motifs is 1. The maximum absolute atomic E-state index is 6.33. The van der Waals surface area contributed by atoms with Crippen molar-refractivity contribution in [3.8, 4) is 16.9 Å². The normalized spacial score (nSPS) is 11.0. The zero-order valence-corrected chi connectivity index (χ0v) is 17.8. The summed E-state index contributed by atoms with van der Waals surface area (Å²) in [6.07, 6.45) is 1.51. The van der Waals surface area contributed by atoms with E-state index in [2.05, 4.69) is 20.7 Å². The fourth-order valence-electron chi connectivity index (χ4n) is 2.86. The first kappa shape index (κ1) is 19.3. The Balaban J connectivity index is 1.79. The monoisotopic (exact) mass is 449 g/mol. The first-order chi connectivity index (χ1) is 13.6. The van der Waals surface area contributed by atoms with Gasteiger partial charge in [0.1, 0.15) is 22.7 Å². The van der Waals surface area contributed by atoms with Crippen molar-refractivity contribution in [1.82, 2.24) is 9.97 Å². The molecule has 28 heavy (non-hydrogen) atoms. The molecule has 0 fully saturated rings. The van der Waals surface area contributed by atoms with Crippen LogP contribution in [-0.2, 0) is 0 Å². The lowest BCUT2D eigenvalue weighted by Crippen LogP contribution is -1.97. The third-order valence-electron chi connectivity index (χ3n) is 4.10. The fourth-order valence-corrected chi connectivity index (χ4v) is 4.69. The molecule has 142 valence electrons. The Morgan fingerprint density at radius 1 is 1.04 bits per heavy atom. The average molecular weight is 451 g/mol. The molecule has 0 spiro atoms. The van der Waals surface area contributed by atoms with E-state index >= 15 is 0 Å². The summed E-state index contributed by atoms with van der Waals surface area (Å²) in [5.74, 6) is 1.46. The minimum atomic E-state index is 0.419. The average Bonchev–Trinajstić information content (AvgIpc) is 3.10. The van der Waals surface area contributed by atoms with Gasteiger partial charge in [0.2, 0.25) is 0 Å². The molecule has 8 heteroatoms. The van der Waals surface area contributed by atoms with Gasteiger partial charge in [0.05, 0.1) is 27.7 Å². The van der Waals surface area contributed by atoms with Gasteiger partial charge >= 0.3 is 0 Å². The lowest BCUT2D eigenvalue weighted by atomic mass is 10.1. The van der Waals surface area contributed by atoms with Gasteiger partial charge in [0, 0.05) is 16.0 Å². The van der Waals surface area contributed by atoms with Crippen LogP contribution in [0.1, 0.15) is 6.92 Å².